The number of ether oxygens (including phenoxy) is 5. The van der Waals surface area contributed by atoms with Gasteiger partial charge in [-0.15, -0.1) is 65.9 Å². The van der Waals surface area contributed by atoms with E-state index in [1.165, 1.54) is 37.3 Å². The van der Waals surface area contributed by atoms with E-state index in [2.05, 4.69) is 173 Å². The molecule has 692 valence electrons. The van der Waals surface area contributed by atoms with Crippen molar-refractivity contribution in [2.24, 2.45) is 7.05 Å². The Morgan fingerprint density at radius 1 is 0.408 bits per heavy atom. The molecule has 5 fully saturated rings. The van der Waals surface area contributed by atoms with E-state index in [-0.39, 0.29) is 52.3 Å². The van der Waals surface area contributed by atoms with Crippen LogP contribution in [0.15, 0.2) is 46.0 Å². The van der Waals surface area contributed by atoms with Gasteiger partial charge in [-0.25, -0.2) is 39.9 Å². The monoisotopic (exact) mass is 1880 g/mol. The van der Waals surface area contributed by atoms with Gasteiger partial charge in [-0.3, -0.25) is 51.8 Å². The second kappa shape index (κ2) is 39.8. The molecular formula is C78H125N22O18P5S2. The molecule has 10 aromatic heterocycles. The summed E-state index contributed by atoms with van der Waals surface area (Å²) in [5.74, 6) is 2.50. The number of nitrogens with one attached hydrogen (secondary N) is 5. The lowest BCUT2D eigenvalue weighted by Gasteiger charge is -2.18. The summed E-state index contributed by atoms with van der Waals surface area (Å²) >= 11 is 10.4. The standard InChI is InChI=1S/C16H26N5O4P.C16H25N4O4P.C15H24N5O4P.2C15H23N4O3PS.CH4/c1-20(2)16-18-13-10(14(24)19-16)17-8-21(13)15-12(23)11(22)9(25-15)6-7-26(3,4)5;1-9-18-14-11(15(23)19(9)2)17-8-20(14)16-13(22)12(21)10(24-16)6-7-25(3,4)5;1-16-15-18-12-9(13(23)19-15)17-7-20(12)14-11(22)10(21)8(24-14)5-6-25(2,3)4;2*1-8-17-13-10(14(24)18-8)16-7-19(13)15-12(21)11(20)9(22-15)5-6-23(2,3)4;/h8-9,11-12,15,22-23H,3,6-7H2,1-2,4-5H3,(H,18,19,24);8,10,12-13,16,21-22H,3,6-7H2,1-2,4-5H3;7-8,10-11,14,21-22H,2,5-6H2,1,3-4H3,(H2,16,18,19,23);2*7,9,11-12,15,20-21H,2,5-6H2,1,3-4H3,(H,17,18,24);1H4/t9-,11-,12-,15-;10-,12-,13-,16-;8-,10-,11-,14-;2*9-,11-,12-,15-;/m11111./s1. The van der Waals surface area contributed by atoms with Gasteiger partial charge in [0, 0.05) is 28.2 Å². The Kier molecular flexibility index (Phi) is 31.9. The number of fused-ring (bicyclic) bond motifs is 5. The lowest BCUT2D eigenvalue weighted by Crippen LogP contribution is -2.32. The van der Waals surface area contributed by atoms with Crippen LogP contribution in [0.25, 0.3) is 55.8 Å². The van der Waals surface area contributed by atoms with Gasteiger partial charge in [0.15, 0.2) is 73.9 Å². The van der Waals surface area contributed by atoms with Gasteiger partial charge < -0.3 is 94.9 Å². The number of H-pyrrole nitrogens is 4. The zero-order valence-electron chi connectivity index (χ0n) is 72.9. The molecule has 0 bridgehead atoms. The number of aliphatic hydroxyl groups is 10. The summed E-state index contributed by atoms with van der Waals surface area (Å²) < 4.78 is 39.7. The van der Waals surface area contributed by atoms with E-state index in [0.29, 0.717) is 98.4 Å². The number of nitrogens with zero attached hydrogens (tertiary/aromatic N) is 17. The zero-order chi connectivity index (χ0) is 91.4. The average molecular weight is 1880 g/mol. The molecule has 40 nitrogen and oxygen atoms in total. The maximum absolute atomic E-state index is 12.3. The number of aromatic nitrogens is 20. The lowest BCUT2D eigenvalue weighted by atomic mass is 10.1. The molecule has 0 spiro atoms. The number of aryl methyl sites for hydroxylation is 3. The smallest absolute Gasteiger partial charge is 0.281 e. The molecule has 15 heterocycles. The number of aliphatic hydroxyl groups excluding tert-OH is 10. The first kappa shape index (κ1) is 100. The van der Waals surface area contributed by atoms with Gasteiger partial charge in [0.05, 0.1) is 62.2 Å². The van der Waals surface area contributed by atoms with Crippen LogP contribution in [-0.4, -0.2) is 390 Å². The minimum absolute atomic E-state index is 0. The Morgan fingerprint density at radius 3 is 0.984 bits per heavy atom. The van der Waals surface area contributed by atoms with Gasteiger partial charge in [0.2, 0.25) is 11.9 Å². The minimum atomic E-state index is -1.26. The first-order chi connectivity index (χ1) is 57.7. The fourth-order valence-electron chi connectivity index (χ4n) is 14.7. The molecule has 0 radical (unpaired) electrons. The zero-order valence-corrected chi connectivity index (χ0v) is 79.0. The summed E-state index contributed by atoms with van der Waals surface area (Å²) in [6, 6.07) is 0. The molecule has 125 heavy (non-hydrogen) atoms. The predicted octanol–water partition coefficient (Wildman–Crippen LogP) is 3.61. The van der Waals surface area contributed by atoms with Gasteiger partial charge in [-0.1, -0.05) is 31.9 Å². The highest BCUT2D eigenvalue weighted by Gasteiger charge is 2.49. The normalized spacial score (nSPS) is 27.1. The summed E-state index contributed by atoms with van der Waals surface area (Å²) in [5, 5.41) is 107. The van der Waals surface area contributed by atoms with Gasteiger partial charge in [0.25, 0.3) is 16.7 Å². The largest absolute Gasteiger partial charge is 0.388 e. The molecule has 10 aromatic rings. The Morgan fingerprint density at radius 2 is 0.680 bits per heavy atom. The molecule has 15 N–H and O–H groups in total. The number of rotatable bonds is 22. The van der Waals surface area contributed by atoms with E-state index in [1.807, 2.05) is 0 Å². The molecule has 0 unspecified atom stereocenters. The summed E-state index contributed by atoms with van der Waals surface area (Å²) in [7, 11) is 6.78. The summed E-state index contributed by atoms with van der Waals surface area (Å²) in [6.07, 6.45) is 19.1. The van der Waals surface area contributed by atoms with Crippen LogP contribution < -0.4 is 26.9 Å². The number of hydrogen-bond donors (Lipinski definition) is 15. The SMILES string of the molecule is C.C=P(C)(C)CC[C@H]1O[C@@H](n2cnc3c(=O)[nH]c(N(C)C)nc32)[C@H](O)[C@@H]1O.C=P(C)(C)CC[C@H]1O[C@@H](n2cnc3c(=O)[nH]c(NC)nc32)[C@H](O)[C@@H]1O.C=P(C)(C)CC[C@H]1O[C@@H](n2cnc3c(=O)n(C)c(C)nc32)[C@H](O)[C@@H]1O.C=P(C)(C)CC[C@H]1O[C@@H](n2cnc3c(=S)nc(C)[nH]c32)[C@H](O)[C@@H]1O.C=P(C)(C)CC[C@H]1O[C@@H](n2cnc3c(=S)nc(C)[nH]c32)[C@H](O)[C@@H]1O. The van der Waals surface area contributed by atoms with E-state index >= 15 is 0 Å². The van der Waals surface area contributed by atoms with Crippen molar-refractivity contribution in [3.63, 3.8) is 0 Å². The lowest BCUT2D eigenvalue weighted by molar-refractivity contribution is -0.0353. The highest BCUT2D eigenvalue weighted by molar-refractivity contribution is 7.73. The van der Waals surface area contributed by atoms with Crippen LogP contribution in [0.4, 0.5) is 11.9 Å². The molecular weight excluding hydrogens is 1750 g/mol. The fraction of sp³-hybridized carbons (Fsp3) is 0.615. The second-order valence-electron chi connectivity index (χ2n) is 35.9. The van der Waals surface area contributed by atoms with E-state index in [1.54, 1.807) is 75.7 Å². The van der Waals surface area contributed by atoms with Crippen molar-refractivity contribution in [3.05, 3.63) is 89.5 Å². The molecule has 15 rings (SSSR count). The maximum atomic E-state index is 12.3. The van der Waals surface area contributed by atoms with E-state index in [0.717, 1.165) is 30.8 Å². The quantitative estimate of drug-likeness (QED) is 0.0340. The minimum Gasteiger partial charge on any atom is -0.388 e. The third-order valence-corrected chi connectivity index (χ3v) is 29.7. The van der Waals surface area contributed by atoms with Crippen molar-refractivity contribution < 1.29 is 74.7 Å². The Hall–Kier alpha value is -6.91. The Bertz CT molecular complexity index is 5930. The van der Waals surface area contributed by atoms with Crippen LogP contribution in [0.1, 0.15) is 88.1 Å². The molecule has 0 aliphatic carbocycles. The van der Waals surface area contributed by atoms with Crippen LogP contribution in [-0.2, 0) is 30.7 Å². The van der Waals surface area contributed by atoms with E-state index < -0.39 is 157 Å². The van der Waals surface area contributed by atoms with Crippen molar-refractivity contribution in [2.75, 3.05) is 129 Å². The Balaban J connectivity index is 0.000000163. The van der Waals surface area contributed by atoms with Gasteiger partial charge in [0.1, 0.15) is 101 Å². The van der Waals surface area contributed by atoms with Crippen molar-refractivity contribution in [2.45, 2.75) is 183 Å². The van der Waals surface area contributed by atoms with Gasteiger partial charge >= 0.3 is 0 Å². The van der Waals surface area contributed by atoms with Crippen molar-refractivity contribution in [1.82, 2.24) is 97.2 Å². The van der Waals surface area contributed by atoms with E-state index in [9.17, 15) is 65.4 Å². The van der Waals surface area contributed by atoms with Crippen LogP contribution in [0, 0.1) is 30.1 Å². The third kappa shape index (κ3) is 23.3. The average Bonchev–Trinajstić information content (AvgIpc) is 1.64. The Labute approximate surface area is 734 Å². The number of imidazole rings is 5. The molecule has 47 heteroatoms. The predicted molar refractivity (Wildman–Crippen MR) is 506 cm³/mol. The van der Waals surface area contributed by atoms with Crippen LogP contribution >= 0.6 is 58.9 Å². The fourth-order valence-corrected chi connectivity index (χ4v) is 20.1. The van der Waals surface area contributed by atoms with Crippen molar-refractivity contribution in [3.8, 4) is 0 Å². The van der Waals surface area contributed by atoms with Gasteiger partial charge in [-0.2, -0.15) is 9.97 Å². The summed E-state index contributed by atoms with van der Waals surface area (Å²) in [5.41, 5.74) is 2.82. The number of hydrogen-bond acceptors (Lipinski definition) is 32. The van der Waals surface area contributed by atoms with Crippen LogP contribution in [0.3, 0.4) is 0 Å². The molecule has 20 atom stereocenters. The molecule has 0 saturated carbocycles. The van der Waals surface area contributed by atoms with Crippen molar-refractivity contribution >= 4 is 158 Å². The summed E-state index contributed by atoms with van der Waals surface area (Å²) in [6.45, 7) is 20.4. The highest BCUT2D eigenvalue weighted by atomic mass is 32.1. The molecule has 5 aliphatic rings. The third-order valence-electron chi connectivity index (χ3n) is 21.8. The second-order valence-corrected chi connectivity index (χ2v) is 58.2. The number of aromatic amines is 4. The van der Waals surface area contributed by atoms with Crippen LogP contribution in [0.5, 0.6) is 0 Å². The maximum Gasteiger partial charge on any atom is 0.281 e. The highest BCUT2D eigenvalue weighted by Crippen LogP contribution is 2.46. The summed E-state index contributed by atoms with van der Waals surface area (Å²) in [4.78, 5) is 91.9. The topological polar surface area (TPSA) is 537 Å². The van der Waals surface area contributed by atoms with Crippen LogP contribution in [0.2, 0.25) is 0 Å². The first-order valence-corrected chi connectivity index (χ1v) is 56.3. The molecule has 5 aliphatic heterocycles. The molecule has 0 aromatic carbocycles. The number of anilines is 2. The van der Waals surface area contributed by atoms with Crippen molar-refractivity contribution in [1.29, 1.82) is 0 Å². The van der Waals surface area contributed by atoms with E-state index in [4.69, 9.17) is 48.1 Å². The first-order valence-electron chi connectivity index (χ1n) is 40.2. The van der Waals surface area contributed by atoms with Gasteiger partial charge in [-0.05, 0) is 150 Å². The molecule has 5 saturated heterocycles. The molecule has 0 amide bonds.